The Bertz CT molecular complexity index is 716. The van der Waals surface area contributed by atoms with Crippen LogP contribution in [0.25, 0.3) is 0 Å². The first kappa shape index (κ1) is 20.1. The fourth-order valence-electron chi connectivity index (χ4n) is 3.54. The molecule has 0 unspecified atom stereocenters. The zero-order valence-electron chi connectivity index (χ0n) is 17.7. The predicted molar refractivity (Wildman–Crippen MR) is 113 cm³/mol. The lowest BCUT2D eigenvalue weighted by molar-refractivity contribution is 0.583. The van der Waals surface area contributed by atoms with Crippen molar-refractivity contribution >= 4 is 11.8 Å². The molecule has 2 rings (SSSR count). The number of hydrogen-bond donors (Lipinski definition) is 0. The maximum atomic E-state index is 2.35. The molecular weight excluding hydrogens is 320 g/mol. The van der Waals surface area contributed by atoms with Crippen LogP contribution in [-0.2, 0) is 10.8 Å². The summed E-state index contributed by atoms with van der Waals surface area (Å²) < 4.78 is 0. The molecule has 0 heterocycles. The van der Waals surface area contributed by atoms with Crippen LogP contribution in [0.3, 0.4) is 0 Å². The summed E-state index contributed by atoms with van der Waals surface area (Å²) in [6.07, 6.45) is 0. The van der Waals surface area contributed by atoms with Gasteiger partial charge in [-0.1, -0.05) is 65.4 Å². The number of aryl methyl sites for hydroxylation is 2. The normalized spacial score (nSPS) is 12.6. The molecule has 0 aliphatic heterocycles. The maximum absolute atomic E-state index is 2.35. The van der Waals surface area contributed by atoms with E-state index in [9.17, 15) is 0 Å². The van der Waals surface area contributed by atoms with Crippen LogP contribution in [0.5, 0.6) is 0 Å². The van der Waals surface area contributed by atoms with Gasteiger partial charge in [-0.15, -0.1) is 0 Å². The Labute approximate surface area is 159 Å². The first-order valence-corrected chi connectivity index (χ1v) is 10.0. The Hall–Kier alpha value is -1.21. The molecule has 0 amide bonds. The molecular formula is C24H34S. The molecule has 136 valence electrons. The van der Waals surface area contributed by atoms with E-state index >= 15 is 0 Å². The summed E-state index contributed by atoms with van der Waals surface area (Å²) >= 11 is 1.93. The van der Waals surface area contributed by atoms with Gasteiger partial charge in [0.25, 0.3) is 0 Å². The highest BCUT2D eigenvalue weighted by Gasteiger charge is 2.21. The van der Waals surface area contributed by atoms with Crippen molar-refractivity contribution in [3.63, 3.8) is 0 Å². The van der Waals surface area contributed by atoms with Gasteiger partial charge in [-0.3, -0.25) is 0 Å². The summed E-state index contributed by atoms with van der Waals surface area (Å²) in [7, 11) is 0. The molecule has 0 N–H and O–H groups in total. The number of benzene rings is 2. The summed E-state index contributed by atoms with van der Waals surface area (Å²) in [4.78, 5) is 2.77. The summed E-state index contributed by atoms with van der Waals surface area (Å²) in [5.41, 5.74) is 8.78. The van der Waals surface area contributed by atoms with Gasteiger partial charge in [0, 0.05) is 9.79 Å². The van der Waals surface area contributed by atoms with Crippen LogP contribution in [0.4, 0.5) is 0 Å². The van der Waals surface area contributed by atoms with E-state index < -0.39 is 0 Å². The largest absolute Gasteiger partial charge is 0.0895 e. The van der Waals surface area contributed by atoms with E-state index in [2.05, 4.69) is 93.5 Å². The van der Waals surface area contributed by atoms with Gasteiger partial charge in [-0.2, -0.15) is 0 Å². The van der Waals surface area contributed by atoms with Crippen molar-refractivity contribution in [3.8, 4) is 0 Å². The predicted octanol–water partition coefficient (Wildman–Crippen LogP) is 7.67. The second-order valence-electron chi connectivity index (χ2n) is 9.47. The average molecular weight is 355 g/mol. The minimum absolute atomic E-state index is 0.170. The molecule has 0 saturated carbocycles. The second kappa shape index (κ2) is 6.83. The molecule has 0 atom stereocenters. The Morgan fingerprint density at radius 3 is 1.16 bits per heavy atom. The molecule has 25 heavy (non-hydrogen) atoms. The third-order valence-corrected chi connectivity index (χ3v) is 6.13. The molecule has 0 fully saturated rings. The quantitative estimate of drug-likeness (QED) is 0.533. The highest BCUT2D eigenvalue weighted by molar-refractivity contribution is 7.99. The summed E-state index contributed by atoms with van der Waals surface area (Å²) in [5.74, 6) is 0. The molecule has 2 aromatic rings. The Morgan fingerprint density at radius 1 is 0.560 bits per heavy atom. The van der Waals surface area contributed by atoms with Crippen LogP contribution in [0.1, 0.15) is 74.9 Å². The lowest BCUT2D eigenvalue weighted by Crippen LogP contribution is -2.14. The van der Waals surface area contributed by atoms with Crippen LogP contribution in [0, 0.1) is 27.7 Å². The third kappa shape index (κ3) is 4.50. The van der Waals surface area contributed by atoms with Crippen molar-refractivity contribution in [1.82, 2.24) is 0 Å². The minimum atomic E-state index is 0.170. The SMILES string of the molecule is Cc1cc(Sc2cc(C)cc(C(C)(C)C)c2C)c(C)c(C(C)(C)C)c1. The lowest BCUT2D eigenvalue weighted by atomic mass is 9.83. The summed E-state index contributed by atoms with van der Waals surface area (Å²) in [6.45, 7) is 22.8. The first-order valence-electron chi connectivity index (χ1n) is 9.22. The molecule has 0 bridgehead atoms. The van der Waals surface area contributed by atoms with E-state index in [0.717, 1.165) is 0 Å². The zero-order valence-corrected chi connectivity index (χ0v) is 18.5. The van der Waals surface area contributed by atoms with E-state index in [0.29, 0.717) is 0 Å². The van der Waals surface area contributed by atoms with Gasteiger partial charge in [0.15, 0.2) is 0 Å². The van der Waals surface area contributed by atoms with Gasteiger partial charge in [0.05, 0.1) is 0 Å². The Kier molecular flexibility index (Phi) is 5.50. The van der Waals surface area contributed by atoms with E-state index in [1.165, 1.54) is 43.2 Å². The van der Waals surface area contributed by atoms with Gasteiger partial charge < -0.3 is 0 Å². The van der Waals surface area contributed by atoms with Crippen molar-refractivity contribution in [3.05, 3.63) is 57.6 Å². The van der Waals surface area contributed by atoms with Crippen molar-refractivity contribution in [2.24, 2.45) is 0 Å². The molecule has 0 aliphatic carbocycles. The third-order valence-electron chi connectivity index (χ3n) is 4.84. The van der Waals surface area contributed by atoms with Crippen molar-refractivity contribution in [2.45, 2.75) is 89.9 Å². The molecule has 2 aromatic carbocycles. The van der Waals surface area contributed by atoms with Crippen LogP contribution in [0.2, 0.25) is 0 Å². The van der Waals surface area contributed by atoms with Crippen LogP contribution in [-0.4, -0.2) is 0 Å². The summed E-state index contributed by atoms with van der Waals surface area (Å²) in [6, 6.07) is 9.38. The number of hydrogen-bond acceptors (Lipinski definition) is 1. The van der Waals surface area contributed by atoms with Crippen molar-refractivity contribution in [2.75, 3.05) is 0 Å². The van der Waals surface area contributed by atoms with Gasteiger partial charge in [-0.25, -0.2) is 0 Å². The van der Waals surface area contributed by atoms with Gasteiger partial charge in [-0.05, 0) is 84.0 Å². The van der Waals surface area contributed by atoms with Gasteiger partial charge in [0.1, 0.15) is 0 Å². The van der Waals surface area contributed by atoms with E-state index in [4.69, 9.17) is 0 Å². The molecule has 0 nitrogen and oxygen atoms in total. The van der Waals surface area contributed by atoms with E-state index in [1.807, 2.05) is 11.8 Å². The van der Waals surface area contributed by atoms with Crippen LogP contribution >= 0.6 is 11.8 Å². The van der Waals surface area contributed by atoms with Crippen LogP contribution < -0.4 is 0 Å². The van der Waals surface area contributed by atoms with Crippen LogP contribution in [0.15, 0.2) is 34.1 Å². The van der Waals surface area contributed by atoms with E-state index in [1.54, 1.807) is 0 Å². The van der Waals surface area contributed by atoms with E-state index in [-0.39, 0.29) is 10.8 Å². The van der Waals surface area contributed by atoms with Crippen molar-refractivity contribution < 1.29 is 0 Å². The number of rotatable bonds is 2. The monoisotopic (exact) mass is 354 g/mol. The standard InChI is InChI=1S/C24H34S/c1-15-11-19(23(5,6)7)17(3)21(13-15)25-22-14-16(2)12-20(18(22)4)24(8,9)10/h11-14H,1-10H3. The fourth-order valence-corrected chi connectivity index (χ4v) is 4.79. The fraction of sp³-hybridized carbons (Fsp3) is 0.500. The lowest BCUT2D eigenvalue weighted by Gasteiger charge is -2.26. The van der Waals surface area contributed by atoms with Crippen molar-refractivity contribution in [1.29, 1.82) is 0 Å². The highest BCUT2D eigenvalue weighted by Crippen LogP contribution is 2.40. The zero-order chi connectivity index (χ0) is 19.2. The summed E-state index contributed by atoms with van der Waals surface area (Å²) in [5, 5.41) is 0. The minimum Gasteiger partial charge on any atom is -0.0895 e. The molecule has 0 saturated heterocycles. The van der Waals surface area contributed by atoms with Gasteiger partial charge >= 0.3 is 0 Å². The molecule has 0 spiro atoms. The molecule has 0 aliphatic rings. The molecule has 0 aromatic heterocycles. The highest BCUT2D eigenvalue weighted by atomic mass is 32.2. The maximum Gasteiger partial charge on any atom is 0.0157 e. The Balaban J connectivity index is 2.58. The molecule has 0 radical (unpaired) electrons. The smallest absolute Gasteiger partial charge is 0.0157 e. The molecule has 1 heteroatoms. The first-order chi connectivity index (χ1) is 11.3. The van der Waals surface area contributed by atoms with Gasteiger partial charge in [0.2, 0.25) is 0 Å². The second-order valence-corrected chi connectivity index (χ2v) is 10.6. The average Bonchev–Trinajstić information content (AvgIpc) is 2.43. The Morgan fingerprint density at radius 2 is 0.880 bits per heavy atom. The topological polar surface area (TPSA) is 0 Å².